The monoisotopic (exact) mass is 372 g/mol. The molecule has 0 radical (unpaired) electrons. The van der Waals surface area contributed by atoms with Gasteiger partial charge in [-0.3, -0.25) is 9.59 Å². The normalized spacial score (nSPS) is 10.5. The van der Waals surface area contributed by atoms with E-state index in [1.165, 1.54) is 6.42 Å². The van der Waals surface area contributed by atoms with Crippen molar-refractivity contribution in [2.75, 3.05) is 0 Å². The molecule has 0 amide bonds. The van der Waals surface area contributed by atoms with Crippen LogP contribution in [0.4, 0.5) is 0 Å². The number of hydrogen-bond acceptors (Lipinski definition) is 2. The van der Waals surface area contributed by atoms with Gasteiger partial charge in [0.15, 0.2) is 0 Å². The summed E-state index contributed by atoms with van der Waals surface area (Å²) in [6.45, 7) is 10.9. The van der Waals surface area contributed by atoms with Gasteiger partial charge >= 0.3 is 11.9 Å². The van der Waals surface area contributed by atoms with E-state index in [0.29, 0.717) is 24.2 Å². The molecular weight excluding hydrogens is 336 g/mol. The Hall–Kier alpha value is -0.541. The Morgan fingerprint density at radius 1 is 0.826 bits per heavy atom. The van der Waals surface area contributed by atoms with Crippen LogP contribution in [-0.4, -0.2) is 22.2 Å². The van der Waals surface area contributed by atoms with Crippen molar-refractivity contribution < 1.29 is 36.9 Å². The topological polar surface area (TPSA) is 74.6 Å². The van der Waals surface area contributed by atoms with Crippen molar-refractivity contribution in [3.05, 3.63) is 0 Å². The molecule has 0 aromatic rings. The fraction of sp³-hybridized carbons (Fsp3) is 0.889. The molecule has 0 rings (SSSR count). The maximum absolute atomic E-state index is 10.2. The van der Waals surface area contributed by atoms with E-state index in [-0.39, 0.29) is 17.1 Å². The van der Waals surface area contributed by atoms with Crippen LogP contribution in [0.3, 0.4) is 0 Å². The van der Waals surface area contributed by atoms with E-state index in [1.807, 2.05) is 0 Å². The van der Waals surface area contributed by atoms with Gasteiger partial charge in [-0.1, -0.05) is 60.3 Å². The first-order valence-corrected chi connectivity index (χ1v) is 8.48. The fourth-order valence-electron chi connectivity index (χ4n) is 1.94. The van der Waals surface area contributed by atoms with Crippen molar-refractivity contribution in [1.29, 1.82) is 0 Å². The molecule has 0 spiro atoms. The number of rotatable bonds is 10. The van der Waals surface area contributed by atoms with Crippen LogP contribution in [0.5, 0.6) is 0 Å². The van der Waals surface area contributed by atoms with Crippen LogP contribution in [0.2, 0.25) is 0 Å². The summed E-state index contributed by atoms with van der Waals surface area (Å²) in [5.74, 6) is -0.650. The van der Waals surface area contributed by atoms with Gasteiger partial charge in [-0.25, -0.2) is 0 Å². The van der Waals surface area contributed by atoms with E-state index in [9.17, 15) is 9.59 Å². The second kappa shape index (κ2) is 16.3. The summed E-state index contributed by atoms with van der Waals surface area (Å²) in [4.78, 5) is 20.2. The third-order valence-corrected chi connectivity index (χ3v) is 3.24. The van der Waals surface area contributed by atoms with Crippen LogP contribution in [0.25, 0.3) is 0 Å². The molecule has 0 aromatic heterocycles. The van der Waals surface area contributed by atoms with Gasteiger partial charge in [0.2, 0.25) is 0 Å². The molecule has 140 valence electrons. The summed E-state index contributed by atoms with van der Waals surface area (Å²) in [6.07, 6.45) is 7.88. The fourth-order valence-corrected chi connectivity index (χ4v) is 1.94. The van der Waals surface area contributed by atoms with Crippen LogP contribution >= 0.6 is 0 Å². The maximum Gasteiger partial charge on any atom is 0.303 e. The van der Waals surface area contributed by atoms with Crippen LogP contribution in [0.1, 0.15) is 92.4 Å². The van der Waals surface area contributed by atoms with Crippen molar-refractivity contribution in [1.82, 2.24) is 0 Å². The summed E-state index contributed by atoms with van der Waals surface area (Å²) >= 11 is 0. The summed E-state index contributed by atoms with van der Waals surface area (Å²) in [5.41, 5.74) is 0.392. The van der Waals surface area contributed by atoms with Crippen LogP contribution in [0.15, 0.2) is 0 Å². The van der Waals surface area contributed by atoms with Crippen molar-refractivity contribution in [2.24, 2.45) is 11.3 Å². The quantitative estimate of drug-likeness (QED) is 0.400. The zero-order chi connectivity index (χ0) is 17.6. The third-order valence-electron chi connectivity index (χ3n) is 3.24. The number of unbranched alkanes of at least 4 members (excludes halogenated alkanes) is 3. The average molecular weight is 372 g/mol. The Morgan fingerprint density at radius 2 is 1.26 bits per heavy atom. The molecule has 2 N–H and O–H groups in total. The number of carboxylic acid groups (broad SMARTS) is 2. The molecule has 0 heterocycles. The standard InChI is InChI=1S/C10H20O2.C8H16O2.Fe/c1-10(2,3)8-6-4-5-7-9(11)12;1-7(2)5-3-4-6-8(9)10;/h4-8H2,1-3H3,(H,11,12);7H,3-6H2,1-2H3,(H,9,10);. The van der Waals surface area contributed by atoms with Crippen molar-refractivity contribution >= 4 is 11.9 Å². The van der Waals surface area contributed by atoms with E-state index >= 15 is 0 Å². The van der Waals surface area contributed by atoms with Crippen LogP contribution in [0, 0.1) is 11.3 Å². The number of hydrogen-bond donors (Lipinski definition) is 2. The van der Waals surface area contributed by atoms with Crippen molar-refractivity contribution in [3.63, 3.8) is 0 Å². The van der Waals surface area contributed by atoms with Crippen LogP contribution < -0.4 is 0 Å². The molecule has 0 fully saturated rings. The van der Waals surface area contributed by atoms with E-state index in [0.717, 1.165) is 38.5 Å². The molecule has 0 atom stereocenters. The van der Waals surface area contributed by atoms with Gasteiger partial charge in [-0.05, 0) is 30.6 Å². The van der Waals surface area contributed by atoms with Gasteiger partial charge in [-0.2, -0.15) is 0 Å². The zero-order valence-electron chi connectivity index (χ0n) is 15.5. The molecule has 0 aliphatic rings. The SMILES string of the molecule is CC(C)(C)CCCCCC(=O)O.CC(C)CCCCC(=O)O.[Fe]. The average Bonchev–Trinajstić information content (AvgIpc) is 2.33. The molecule has 0 saturated heterocycles. The first kappa shape index (κ1) is 27.3. The Bertz CT molecular complexity index is 296. The smallest absolute Gasteiger partial charge is 0.303 e. The molecule has 5 heteroatoms. The molecular formula is C18H36FeO4. The largest absolute Gasteiger partial charge is 0.481 e. The van der Waals surface area contributed by atoms with Gasteiger partial charge in [0.05, 0.1) is 0 Å². The number of aliphatic carboxylic acids is 2. The molecule has 4 nitrogen and oxygen atoms in total. The predicted octanol–water partition coefficient (Wildman–Crippen LogP) is 5.35. The minimum atomic E-state index is -0.677. The maximum atomic E-state index is 10.2. The second-order valence-corrected chi connectivity index (χ2v) is 7.55. The van der Waals surface area contributed by atoms with Gasteiger partial charge < -0.3 is 10.2 Å². The van der Waals surface area contributed by atoms with Crippen LogP contribution in [-0.2, 0) is 26.7 Å². The van der Waals surface area contributed by atoms with E-state index in [1.54, 1.807) is 0 Å². The van der Waals surface area contributed by atoms with Gasteiger partial charge in [0, 0.05) is 29.9 Å². The Balaban J connectivity index is -0.000000338. The first-order chi connectivity index (χ1) is 10.0. The molecule has 0 aromatic carbocycles. The molecule has 23 heavy (non-hydrogen) atoms. The minimum Gasteiger partial charge on any atom is -0.481 e. The summed E-state index contributed by atoms with van der Waals surface area (Å²) < 4.78 is 0. The van der Waals surface area contributed by atoms with Gasteiger partial charge in [0.25, 0.3) is 0 Å². The molecule has 0 bridgehead atoms. The minimum absolute atomic E-state index is 0. The van der Waals surface area contributed by atoms with Gasteiger partial charge in [0.1, 0.15) is 0 Å². The Morgan fingerprint density at radius 3 is 1.61 bits per heavy atom. The zero-order valence-corrected chi connectivity index (χ0v) is 16.6. The summed E-state index contributed by atoms with van der Waals surface area (Å²) in [5, 5.41) is 16.7. The second-order valence-electron chi connectivity index (χ2n) is 7.55. The van der Waals surface area contributed by atoms with E-state index in [4.69, 9.17) is 10.2 Å². The number of carboxylic acids is 2. The predicted molar refractivity (Wildman–Crippen MR) is 91.1 cm³/mol. The van der Waals surface area contributed by atoms with E-state index in [2.05, 4.69) is 34.6 Å². The third kappa shape index (κ3) is 34.0. The molecule has 0 aliphatic heterocycles. The molecule has 0 aliphatic carbocycles. The van der Waals surface area contributed by atoms with Crippen molar-refractivity contribution in [3.8, 4) is 0 Å². The Kier molecular flexibility index (Phi) is 19.4. The molecule has 0 unspecified atom stereocenters. The summed E-state index contributed by atoms with van der Waals surface area (Å²) in [6, 6.07) is 0. The Labute approximate surface area is 152 Å². The summed E-state index contributed by atoms with van der Waals surface area (Å²) in [7, 11) is 0. The number of carbonyl (C=O) groups is 2. The van der Waals surface area contributed by atoms with Crippen molar-refractivity contribution in [2.45, 2.75) is 92.4 Å². The van der Waals surface area contributed by atoms with Gasteiger partial charge in [-0.15, -0.1) is 0 Å². The molecule has 0 saturated carbocycles. The van der Waals surface area contributed by atoms with E-state index < -0.39 is 11.9 Å². The first-order valence-electron chi connectivity index (χ1n) is 8.48.